The molecular weight excluding hydrogens is 314 g/mol. The average Bonchev–Trinajstić information content (AvgIpc) is 3.19. The third-order valence-electron chi connectivity index (χ3n) is 3.44. The second kappa shape index (κ2) is 6.98. The molecule has 2 N–H and O–H groups in total. The summed E-state index contributed by atoms with van der Waals surface area (Å²) in [7, 11) is 0. The fourth-order valence-corrected chi connectivity index (χ4v) is 3.39. The van der Waals surface area contributed by atoms with Gasteiger partial charge in [-0.3, -0.25) is 4.79 Å². The fourth-order valence-electron chi connectivity index (χ4n) is 2.29. The zero-order valence-electron chi connectivity index (χ0n) is 12.2. The highest BCUT2D eigenvalue weighted by molar-refractivity contribution is 7.98. The molecular formula is C16H17N3OS2. The molecule has 1 atom stereocenters. The van der Waals surface area contributed by atoms with Crippen LogP contribution >= 0.6 is 23.1 Å². The monoisotopic (exact) mass is 331 g/mol. The van der Waals surface area contributed by atoms with E-state index in [1.54, 1.807) is 11.8 Å². The number of hydrogen-bond donors (Lipinski definition) is 2. The molecule has 22 heavy (non-hydrogen) atoms. The number of imidazole rings is 1. The molecule has 1 aromatic carbocycles. The molecule has 0 saturated heterocycles. The van der Waals surface area contributed by atoms with E-state index in [1.165, 1.54) is 11.3 Å². The summed E-state index contributed by atoms with van der Waals surface area (Å²) in [6.45, 7) is 0. The van der Waals surface area contributed by atoms with Crippen molar-refractivity contribution in [2.75, 3.05) is 12.0 Å². The topological polar surface area (TPSA) is 57.8 Å². The number of amides is 1. The minimum absolute atomic E-state index is 0.0483. The summed E-state index contributed by atoms with van der Waals surface area (Å²) in [4.78, 5) is 20.3. The molecule has 1 unspecified atom stereocenters. The molecule has 0 aliphatic carbocycles. The van der Waals surface area contributed by atoms with Gasteiger partial charge in [0.15, 0.2) is 0 Å². The van der Waals surface area contributed by atoms with E-state index >= 15 is 0 Å². The molecule has 4 nitrogen and oxygen atoms in total. The van der Waals surface area contributed by atoms with Crippen molar-refractivity contribution in [3.8, 4) is 0 Å². The lowest BCUT2D eigenvalue weighted by Gasteiger charge is -2.15. The Hall–Kier alpha value is -1.79. The molecule has 0 radical (unpaired) electrons. The molecule has 3 aromatic rings. The standard InChI is InChI=1S/C16H17N3OS2/c1-21-8-7-14(19-16(20)11-6-9-22-10-11)15-17-12-4-2-3-5-13(12)18-15/h2-6,9-10,14H,7-8H2,1H3,(H,17,18)(H,19,20). The number of aromatic amines is 1. The van der Waals surface area contributed by atoms with Gasteiger partial charge in [-0.15, -0.1) is 0 Å². The molecule has 2 heterocycles. The Kier molecular flexibility index (Phi) is 4.80. The maximum atomic E-state index is 12.3. The SMILES string of the molecule is CSCCC(NC(=O)c1ccsc1)c1nc2ccccc2[nH]1. The Labute approximate surface area is 137 Å². The van der Waals surface area contributed by atoms with Crippen LogP contribution in [0.3, 0.4) is 0 Å². The number of nitrogens with one attached hydrogen (secondary N) is 2. The molecule has 3 rings (SSSR count). The molecule has 0 aliphatic rings. The molecule has 0 spiro atoms. The van der Waals surface area contributed by atoms with Gasteiger partial charge in [-0.25, -0.2) is 4.98 Å². The Morgan fingerprint density at radius 2 is 2.27 bits per heavy atom. The largest absolute Gasteiger partial charge is 0.342 e. The van der Waals surface area contributed by atoms with Crippen molar-refractivity contribution in [3.05, 3.63) is 52.5 Å². The van der Waals surface area contributed by atoms with Crippen molar-refractivity contribution < 1.29 is 4.79 Å². The first-order chi connectivity index (χ1) is 10.8. The lowest BCUT2D eigenvalue weighted by Crippen LogP contribution is -2.29. The van der Waals surface area contributed by atoms with Crippen LogP contribution in [0.2, 0.25) is 0 Å². The predicted octanol–water partition coefficient (Wildman–Crippen LogP) is 3.85. The number of fused-ring (bicyclic) bond motifs is 1. The number of nitrogens with zero attached hydrogens (tertiary/aromatic N) is 1. The first-order valence-corrected chi connectivity index (χ1v) is 9.38. The average molecular weight is 331 g/mol. The Bertz CT molecular complexity index is 719. The van der Waals surface area contributed by atoms with Crippen LogP contribution in [0.15, 0.2) is 41.1 Å². The summed E-state index contributed by atoms with van der Waals surface area (Å²) in [6.07, 6.45) is 2.91. The van der Waals surface area contributed by atoms with E-state index in [2.05, 4.69) is 21.5 Å². The van der Waals surface area contributed by atoms with E-state index in [0.29, 0.717) is 5.56 Å². The lowest BCUT2D eigenvalue weighted by atomic mass is 10.2. The van der Waals surface area contributed by atoms with Gasteiger partial charge in [-0.1, -0.05) is 12.1 Å². The van der Waals surface area contributed by atoms with Crippen molar-refractivity contribution in [2.24, 2.45) is 0 Å². The highest BCUT2D eigenvalue weighted by Gasteiger charge is 2.19. The quantitative estimate of drug-likeness (QED) is 0.721. The Morgan fingerprint density at radius 1 is 1.41 bits per heavy atom. The van der Waals surface area contributed by atoms with Gasteiger partial charge in [0, 0.05) is 5.38 Å². The van der Waals surface area contributed by atoms with Gasteiger partial charge in [-0.2, -0.15) is 23.1 Å². The highest BCUT2D eigenvalue weighted by Crippen LogP contribution is 2.20. The Morgan fingerprint density at radius 3 is 3.00 bits per heavy atom. The number of carbonyl (C=O) groups excluding carboxylic acids is 1. The normalized spacial score (nSPS) is 12.4. The van der Waals surface area contributed by atoms with E-state index in [9.17, 15) is 4.79 Å². The van der Waals surface area contributed by atoms with Crippen molar-refractivity contribution in [1.29, 1.82) is 0 Å². The summed E-state index contributed by atoms with van der Waals surface area (Å²) in [5.74, 6) is 1.73. The van der Waals surface area contributed by atoms with E-state index in [1.807, 2.05) is 41.1 Å². The summed E-state index contributed by atoms with van der Waals surface area (Å²) in [5, 5.41) is 6.86. The van der Waals surface area contributed by atoms with E-state index in [-0.39, 0.29) is 11.9 Å². The van der Waals surface area contributed by atoms with Gasteiger partial charge >= 0.3 is 0 Å². The third kappa shape index (κ3) is 3.34. The van der Waals surface area contributed by atoms with Gasteiger partial charge in [0.1, 0.15) is 5.82 Å². The zero-order chi connectivity index (χ0) is 15.4. The number of para-hydroxylation sites is 2. The number of H-pyrrole nitrogens is 1. The van der Waals surface area contributed by atoms with Crippen LogP contribution in [0, 0.1) is 0 Å². The number of thioether (sulfide) groups is 1. The van der Waals surface area contributed by atoms with Crippen molar-refractivity contribution >= 4 is 40.0 Å². The van der Waals surface area contributed by atoms with Crippen LogP contribution in [0.1, 0.15) is 28.6 Å². The molecule has 2 aromatic heterocycles. The number of rotatable bonds is 6. The zero-order valence-corrected chi connectivity index (χ0v) is 13.8. The molecule has 0 fully saturated rings. The second-order valence-electron chi connectivity index (χ2n) is 4.96. The van der Waals surface area contributed by atoms with Crippen LogP contribution in [0.5, 0.6) is 0 Å². The van der Waals surface area contributed by atoms with Gasteiger partial charge < -0.3 is 10.3 Å². The number of thiophene rings is 1. The molecule has 1 amide bonds. The fraction of sp³-hybridized carbons (Fsp3) is 0.250. The molecule has 0 aliphatic heterocycles. The Balaban J connectivity index is 1.83. The maximum Gasteiger partial charge on any atom is 0.252 e. The highest BCUT2D eigenvalue weighted by atomic mass is 32.2. The smallest absolute Gasteiger partial charge is 0.252 e. The molecule has 0 saturated carbocycles. The third-order valence-corrected chi connectivity index (χ3v) is 4.76. The summed E-state index contributed by atoms with van der Waals surface area (Å²) in [5.41, 5.74) is 2.63. The number of aromatic nitrogens is 2. The number of benzene rings is 1. The second-order valence-corrected chi connectivity index (χ2v) is 6.72. The van der Waals surface area contributed by atoms with Crippen LogP contribution in [-0.4, -0.2) is 27.9 Å². The van der Waals surface area contributed by atoms with E-state index in [4.69, 9.17) is 0 Å². The summed E-state index contributed by atoms with van der Waals surface area (Å²) >= 11 is 3.29. The molecule has 0 bridgehead atoms. The summed E-state index contributed by atoms with van der Waals surface area (Å²) < 4.78 is 0. The van der Waals surface area contributed by atoms with Crippen LogP contribution in [0.4, 0.5) is 0 Å². The molecule has 6 heteroatoms. The number of carbonyl (C=O) groups is 1. The van der Waals surface area contributed by atoms with Gasteiger partial charge in [0.05, 0.1) is 22.6 Å². The number of hydrogen-bond acceptors (Lipinski definition) is 4. The van der Waals surface area contributed by atoms with Crippen molar-refractivity contribution in [3.63, 3.8) is 0 Å². The van der Waals surface area contributed by atoms with Crippen LogP contribution < -0.4 is 5.32 Å². The van der Waals surface area contributed by atoms with Gasteiger partial charge in [0.25, 0.3) is 5.91 Å². The molecule has 114 valence electrons. The minimum Gasteiger partial charge on any atom is -0.342 e. The summed E-state index contributed by atoms with van der Waals surface area (Å²) in [6, 6.07) is 9.65. The first kappa shape index (κ1) is 15.1. The van der Waals surface area contributed by atoms with Crippen molar-refractivity contribution in [1.82, 2.24) is 15.3 Å². The maximum absolute atomic E-state index is 12.3. The van der Waals surface area contributed by atoms with Crippen LogP contribution in [0.25, 0.3) is 11.0 Å². The first-order valence-electron chi connectivity index (χ1n) is 7.04. The van der Waals surface area contributed by atoms with Crippen LogP contribution in [-0.2, 0) is 0 Å². The predicted molar refractivity (Wildman–Crippen MR) is 93.6 cm³/mol. The van der Waals surface area contributed by atoms with Crippen molar-refractivity contribution in [2.45, 2.75) is 12.5 Å². The van der Waals surface area contributed by atoms with Gasteiger partial charge in [-0.05, 0) is 42.0 Å². The van der Waals surface area contributed by atoms with Gasteiger partial charge in [0.2, 0.25) is 0 Å². The lowest BCUT2D eigenvalue weighted by molar-refractivity contribution is 0.0934. The van der Waals surface area contributed by atoms with E-state index in [0.717, 1.165) is 29.0 Å². The minimum atomic E-state index is -0.104. The van der Waals surface area contributed by atoms with E-state index < -0.39 is 0 Å².